The molecule has 1 unspecified atom stereocenters. The maximum atomic E-state index is 5.44. The Kier molecular flexibility index (Phi) is 6.58. The molecule has 0 aliphatic rings. The number of rotatable bonds is 8. The minimum atomic E-state index is 0.529. The maximum absolute atomic E-state index is 5.44. The number of hydrogen-bond donors (Lipinski definition) is 1. The van der Waals surface area contributed by atoms with Crippen LogP contribution in [-0.2, 0) is 6.42 Å². The standard InChI is InChI=1S/C15H25NO2/c1-5-11-16-12(2)9-10-13-7-6-8-14(17-3)15(13)18-4/h6-8,12,16H,5,9-11H2,1-4H3. The number of methoxy groups -OCH3 is 2. The highest BCUT2D eigenvalue weighted by Gasteiger charge is 2.10. The topological polar surface area (TPSA) is 30.5 Å². The highest BCUT2D eigenvalue weighted by atomic mass is 16.5. The van der Waals surface area contributed by atoms with Crippen molar-refractivity contribution >= 4 is 0 Å². The molecule has 0 heterocycles. The van der Waals surface area contributed by atoms with Crippen molar-refractivity contribution in [3.05, 3.63) is 23.8 Å². The normalized spacial score (nSPS) is 12.2. The van der Waals surface area contributed by atoms with Crippen LogP contribution in [0.4, 0.5) is 0 Å². The van der Waals surface area contributed by atoms with E-state index >= 15 is 0 Å². The van der Waals surface area contributed by atoms with Crippen LogP contribution in [0.5, 0.6) is 11.5 Å². The molecule has 0 bridgehead atoms. The van der Waals surface area contributed by atoms with E-state index in [1.54, 1.807) is 14.2 Å². The fourth-order valence-corrected chi connectivity index (χ4v) is 2.02. The molecule has 3 heteroatoms. The molecule has 0 spiro atoms. The van der Waals surface area contributed by atoms with Crippen LogP contribution in [0.1, 0.15) is 32.3 Å². The lowest BCUT2D eigenvalue weighted by Gasteiger charge is -2.16. The van der Waals surface area contributed by atoms with Crippen molar-refractivity contribution in [1.29, 1.82) is 0 Å². The van der Waals surface area contributed by atoms with Crippen LogP contribution < -0.4 is 14.8 Å². The average molecular weight is 251 g/mol. The van der Waals surface area contributed by atoms with E-state index in [0.717, 1.165) is 30.9 Å². The highest BCUT2D eigenvalue weighted by molar-refractivity contribution is 5.46. The molecule has 1 rings (SSSR count). The summed E-state index contributed by atoms with van der Waals surface area (Å²) in [6, 6.07) is 6.58. The lowest BCUT2D eigenvalue weighted by atomic mass is 10.0. The van der Waals surface area contributed by atoms with E-state index in [0.29, 0.717) is 6.04 Å². The molecule has 0 aliphatic carbocycles. The Morgan fingerprint density at radius 3 is 2.61 bits per heavy atom. The minimum absolute atomic E-state index is 0.529. The molecular weight excluding hydrogens is 226 g/mol. The second-order valence-corrected chi connectivity index (χ2v) is 4.55. The van der Waals surface area contributed by atoms with Crippen molar-refractivity contribution in [2.75, 3.05) is 20.8 Å². The molecule has 0 amide bonds. The van der Waals surface area contributed by atoms with E-state index in [2.05, 4.69) is 25.2 Å². The van der Waals surface area contributed by atoms with Gasteiger partial charge in [0, 0.05) is 6.04 Å². The summed E-state index contributed by atoms with van der Waals surface area (Å²) in [6.45, 7) is 5.49. The van der Waals surface area contributed by atoms with Gasteiger partial charge in [-0.1, -0.05) is 19.1 Å². The number of nitrogens with one attached hydrogen (secondary N) is 1. The van der Waals surface area contributed by atoms with Gasteiger partial charge >= 0.3 is 0 Å². The maximum Gasteiger partial charge on any atom is 0.163 e. The third-order valence-corrected chi connectivity index (χ3v) is 3.07. The first-order valence-corrected chi connectivity index (χ1v) is 6.66. The molecule has 0 aliphatic heterocycles. The van der Waals surface area contributed by atoms with Gasteiger partial charge in [-0.2, -0.15) is 0 Å². The van der Waals surface area contributed by atoms with Gasteiger partial charge in [-0.05, 0) is 44.4 Å². The van der Waals surface area contributed by atoms with Crippen LogP contribution in [0.15, 0.2) is 18.2 Å². The van der Waals surface area contributed by atoms with Crippen molar-refractivity contribution < 1.29 is 9.47 Å². The van der Waals surface area contributed by atoms with Gasteiger partial charge < -0.3 is 14.8 Å². The first-order chi connectivity index (χ1) is 8.72. The van der Waals surface area contributed by atoms with E-state index in [4.69, 9.17) is 9.47 Å². The zero-order chi connectivity index (χ0) is 13.4. The highest BCUT2D eigenvalue weighted by Crippen LogP contribution is 2.31. The smallest absolute Gasteiger partial charge is 0.163 e. The van der Waals surface area contributed by atoms with E-state index in [9.17, 15) is 0 Å². The quantitative estimate of drug-likeness (QED) is 0.770. The predicted octanol–water partition coefficient (Wildman–Crippen LogP) is 3.02. The summed E-state index contributed by atoms with van der Waals surface area (Å²) in [5, 5.41) is 3.50. The Balaban J connectivity index is 2.61. The molecule has 1 atom stereocenters. The van der Waals surface area contributed by atoms with E-state index in [-0.39, 0.29) is 0 Å². The van der Waals surface area contributed by atoms with Crippen molar-refractivity contribution in [3.63, 3.8) is 0 Å². The predicted molar refractivity (Wildman–Crippen MR) is 75.6 cm³/mol. The molecule has 1 aromatic carbocycles. The fourth-order valence-electron chi connectivity index (χ4n) is 2.02. The number of hydrogen-bond acceptors (Lipinski definition) is 3. The number of ether oxygens (including phenoxy) is 2. The van der Waals surface area contributed by atoms with Crippen LogP contribution in [0, 0.1) is 0 Å². The second-order valence-electron chi connectivity index (χ2n) is 4.55. The minimum Gasteiger partial charge on any atom is -0.493 e. The van der Waals surface area contributed by atoms with E-state index in [1.165, 1.54) is 12.0 Å². The van der Waals surface area contributed by atoms with Gasteiger partial charge in [0.1, 0.15) is 0 Å². The number of para-hydroxylation sites is 1. The van der Waals surface area contributed by atoms with Gasteiger partial charge in [0.25, 0.3) is 0 Å². The van der Waals surface area contributed by atoms with Crippen LogP contribution in [0.3, 0.4) is 0 Å². The molecule has 102 valence electrons. The van der Waals surface area contributed by atoms with E-state index < -0.39 is 0 Å². The zero-order valence-corrected chi connectivity index (χ0v) is 12.0. The molecule has 0 fully saturated rings. The van der Waals surface area contributed by atoms with Gasteiger partial charge in [-0.3, -0.25) is 0 Å². The molecule has 0 radical (unpaired) electrons. The lowest BCUT2D eigenvalue weighted by molar-refractivity contribution is 0.350. The van der Waals surface area contributed by atoms with Crippen molar-refractivity contribution in [2.24, 2.45) is 0 Å². The fraction of sp³-hybridized carbons (Fsp3) is 0.600. The molecule has 0 aromatic heterocycles. The summed E-state index contributed by atoms with van der Waals surface area (Å²) < 4.78 is 10.7. The molecule has 18 heavy (non-hydrogen) atoms. The Labute approximate surface area is 110 Å². The number of benzene rings is 1. The third kappa shape index (κ3) is 4.22. The van der Waals surface area contributed by atoms with Gasteiger partial charge in [0.2, 0.25) is 0 Å². The molecule has 1 aromatic rings. The second kappa shape index (κ2) is 7.98. The van der Waals surface area contributed by atoms with Gasteiger partial charge in [0.15, 0.2) is 11.5 Å². The summed E-state index contributed by atoms with van der Waals surface area (Å²) in [4.78, 5) is 0. The van der Waals surface area contributed by atoms with Crippen molar-refractivity contribution in [3.8, 4) is 11.5 Å². The number of aryl methyl sites for hydroxylation is 1. The Morgan fingerprint density at radius 2 is 2.00 bits per heavy atom. The largest absolute Gasteiger partial charge is 0.493 e. The van der Waals surface area contributed by atoms with Crippen molar-refractivity contribution in [2.45, 2.75) is 39.2 Å². The summed E-state index contributed by atoms with van der Waals surface area (Å²) in [5.41, 5.74) is 1.21. The third-order valence-electron chi connectivity index (χ3n) is 3.07. The summed E-state index contributed by atoms with van der Waals surface area (Å²) in [6.07, 6.45) is 3.27. The van der Waals surface area contributed by atoms with Gasteiger partial charge in [-0.25, -0.2) is 0 Å². The molecule has 0 saturated heterocycles. The zero-order valence-electron chi connectivity index (χ0n) is 12.0. The van der Waals surface area contributed by atoms with Crippen molar-refractivity contribution in [1.82, 2.24) is 5.32 Å². The summed E-state index contributed by atoms with van der Waals surface area (Å²) in [5.74, 6) is 1.67. The Morgan fingerprint density at radius 1 is 1.22 bits per heavy atom. The van der Waals surface area contributed by atoms with Crippen LogP contribution >= 0.6 is 0 Å². The summed E-state index contributed by atoms with van der Waals surface area (Å²) in [7, 11) is 3.37. The van der Waals surface area contributed by atoms with E-state index in [1.807, 2.05) is 12.1 Å². The van der Waals surface area contributed by atoms with Crippen LogP contribution in [0.2, 0.25) is 0 Å². The molecule has 3 nitrogen and oxygen atoms in total. The lowest BCUT2D eigenvalue weighted by Crippen LogP contribution is -2.27. The SMILES string of the molecule is CCCNC(C)CCc1cccc(OC)c1OC. The monoisotopic (exact) mass is 251 g/mol. The molecule has 1 N–H and O–H groups in total. The van der Waals surface area contributed by atoms with Crippen LogP contribution in [0.25, 0.3) is 0 Å². The first kappa shape index (κ1) is 14.8. The molecular formula is C15H25NO2. The van der Waals surface area contributed by atoms with Crippen LogP contribution in [-0.4, -0.2) is 26.8 Å². The molecule has 0 saturated carbocycles. The van der Waals surface area contributed by atoms with Gasteiger partial charge in [-0.15, -0.1) is 0 Å². The Bertz CT molecular complexity index is 352. The summed E-state index contributed by atoms with van der Waals surface area (Å²) >= 11 is 0. The average Bonchev–Trinajstić information content (AvgIpc) is 2.41. The first-order valence-electron chi connectivity index (χ1n) is 6.66. The van der Waals surface area contributed by atoms with Gasteiger partial charge in [0.05, 0.1) is 14.2 Å². The Hall–Kier alpha value is -1.22.